The Labute approximate surface area is 64.2 Å². The van der Waals surface area contributed by atoms with Crippen molar-refractivity contribution in [1.82, 2.24) is 4.98 Å². The first-order valence-corrected chi connectivity index (χ1v) is 3.59. The van der Waals surface area contributed by atoms with Crippen molar-refractivity contribution in [3.63, 3.8) is 0 Å². The van der Waals surface area contributed by atoms with Gasteiger partial charge in [0.25, 0.3) is 0 Å². The van der Waals surface area contributed by atoms with Crippen molar-refractivity contribution in [2.45, 2.75) is 12.8 Å². The average Bonchev–Trinajstić information content (AvgIpc) is 2.57. The van der Waals surface area contributed by atoms with Gasteiger partial charge in [0, 0.05) is 19.4 Å². The molecular weight excluding hydrogens is 146 g/mol. The minimum atomic E-state index is -0.407. The third-order valence-corrected chi connectivity index (χ3v) is 1.27. The molecule has 2 rings (SSSR count). The molecule has 1 aliphatic rings. The zero-order valence-electron chi connectivity index (χ0n) is 6.21. The van der Waals surface area contributed by atoms with E-state index < -0.39 is 5.76 Å². The molecule has 4 heteroatoms. The van der Waals surface area contributed by atoms with Crippen LogP contribution in [-0.2, 0) is 4.74 Å². The largest absolute Gasteiger partial charge is 0.417 e. The molecule has 1 aromatic heterocycles. The molecule has 1 aliphatic heterocycles. The Balaban J connectivity index is 0.000000112. The van der Waals surface area contributed by atoms with Crippen molar-refractivity contribution < 1.29 is 9.15 Å². The second-order valence-corrected chi connectivity index (χ2v) is 2.17. The van der Waals surface area contributed by atoms with Crippen molar-refractivity contribution in [2.24, 2.45) is 0 Å². The van der Waals surface area contributed by atoms with Gasteiger partial charge in [-0.25, -0.2) is 4.79 Å². The standard InChI is InChI=1S/C4H8O.C3H3NO2/c1-2-4-5-3-1;5-3-4-1-2-6-3/h1-4H2;1-2H,(H,4,5). The maximum Gasteiger partial charge on any atom is 0.416 e. The van der Waals surface area contributed by atoms with Crippen molar-refractivity contribution >= 4 is 0 Å². The summed E-state index contributed by atoms with van der Waals surface area (Å²) in [5.74, 6) is -0.407. The Bertz CT molecular complexity index is 199. The topological polar surface area (TPSA) is 55.2 Å². The molecule has 1 saturated heterocycles. The molecule has 0 saturated carbocycles. The molecule has 4 nitrogen and oxygen atoms in total. The summed E-state index contributed by atoms with van der Waals surface area (Å²) >= 11 is 0. The fourth-order valence-electron chi connectivity index (χ4n) is 0.742. The number of oxazole rings is 1. The Morgan fingerprint density at radius 1 is 1.36 bits per heavy atom. The normalized spacial score (nSPS) is 15.6. The van der Waals surface area contributed by atoms with Gasteiger partial charge in [-0.15, -0.1) is 0 Å². The minimum Gasteiger partial charge on any atom is -0.417 e. The molecule has 0 aromatic carbocycles. The SMILES string of the molecule is C1CCOC1.O=c1[nH]cco1. The maximum atomic E-state index is 9.85. The van der Waals surface area contributed by atoms with Crippen LogP contribution in [0.5, 0.6) is 0 Å². The lowest BCUT2D eigenvalue weighted by atomic mass is 10.4. The average molecular weight is 157 g/mol. The third kappa shape index (κ3) is 3.62. The lowest BCUT2D eigenvalue weighted by Gasteiger charge is -1.76. The van der Waals surface area contributed by atoms with Gasteiger partial charge in [0.2, 0.25) is 0 Å². The van der Waals surface area contributed by atoms with E-state index in [1.165, 1.54) is 25.3 Å². The number of hydrogen-bond donors (Lipinski definition) is 1. The molecular formula is C7H11NO3. The molecule has 0 radical (unpaired) electrons. The van der Waals surface area contributed by atoms with Gasteiger partial charge >= 0.3 is 5.76 Å². The first kappa shape index (κ1) is 8.07. The molecule has 0 amide bonds. The smallest absolute Gasteiger partial charge is 0.416 e. The van der Waals surface area contributed by atoms with Crippen LogP contribution in [0.1, 0.15) is 12.8 Å². The second kappa shape index (κ2) is 4.73. The van der Waals surface area contributed by atoms with Crippen LogP contribution in [0, 0.1) is 0 Å². The molecule has 0 aliphatic carbocycles. The Hall–Kier alpha value is -1.03. The van der Waals surface area contributed by atoms with E-state index >= 15 is 0 Å². The molecule has 11 heavy (non-hydrogen) atoms. The van der Waals surface area contributed by atoms with Crippen LogP contribution in [0.25, 0.3) is 0 Å². The van der Waals surface area contributed by atoms with E-state index in [1.54, 1.807) is 0 Å². The van der Waals surface area contributed by atoms with Crippen LogP contribution in [0.15, 0.2) is 21.7 Å². The zero-order chi connectivity index (χ0) is 7.94. The Kier molecular flexibility index (Phi) is 3.47. The van der Waals surface area contributed by atoms with E-state index in [9.17, 15) is 4.79 Å². The molecule has 0 unspecified atom stereocenters. The van der Waals surface area contributed by atoms with Gasteiger partial charge in [0.05, 0.1) is 0 Å². The van der Waals surface area contributed by atoms with E-state index in [-0.39, 0.29) is 0 Å². The van der Waals surface area contributed by atoms with E-state index in [2.05, 4.69) is 9.40 Å². The Morgan fingerprint density at radius 2 is 2.09 bits per heavy atom. The fourth-order valence-corrected chi connectivity index (χ4v) is 0.742. The number of hydrogen-bond acceptors (Lipinski definition) is 3. The second-order valence-electron chi connectivity index (χ2n) is 2.17. The Morgan fingerprint density at radius 3 is 2.27 bits per heavy atom. The van der Waals surface area contributed by atoms with Gasteiger partial charge in [0.15, 0.2) is 0 Å². The van der Waals surface area contributed by atoms with Crippen LogP contribution in [0.3, 0.4) is 0 Å². The van der Waals surface area contributed by atoms with E-state index in [1.807, 2.05) is 0 Å². The van der Waals surface area contributed by atoms with Crippen molar-refractivity contribution in [1.29, 1.82) is 0 Å². The first-order valence-electron chi connectivity index (χ1n) is 3.59. The minimum absolute atomic E-state index is 0.407. The quantitative estimate of drug-likeness (QED) is 0.605. The summed E-state index contributed by atoms with van der Waals surface area (Å²) in [6, 6.07) is 0. The summed E-state index contributed by atoms with van der Waals surface area (Å²) in [7, 11) is 0. The third-order valence-electron chi connectivity index (χ3n) is 1.27. The molecule has 0 bridgehead atoms. The number of rotatable bonds is 0. The molecule has 1 N–H and O–H groups in total. The number of aromatic nitrogens is 1. The van der Waals surface area contributed by atoms with Crippen LogP contribution < -0.4 is 5.76 Å². The molecule has 1 aromatic rings. The fraction of sp³-hybridized carbons (Fsp3) is 0.571. The summed E-state index contributed by atoms with van der Waals surface area (Å²) < 4.78 is 9.17. The highest BCUT2D eigenvalue weighted by Gasteiger charge is 1.94. The van der Waals surface area contributed by atoms with Gasteiger partial charge in [-0.1, -0.05) is 0 Å². The highest BCUT2D eigenvalue weighted by Crippen LogP contribution is 1.98. The predicted octanol–water partition coefficient (Wildman–Crippen LogP) is 0.765. The molecule has 0 spiro atoms. The lowest BCUT2D eigenvalue weighted by Crippen LogP contribution is -1.91. The molecule has 1 fully saturated rings. The van der Waals surface area contributed by atoms with Crippen molar-refractivity contribution in [2.75, 3.05) is 13.2 Å². The molecule has 0 atom stereocenters. The van der Waals surface area contributed by atoms with Crippen LogP contribution in [-0.4, -0.2) is 18.2 Å². The number of H-pyrrole nitrogens is 1. The van der Waals surface area contributed by atoms with Gasteiger partial charge in [-0.3, -0.25) is 4.98 Å². The number of ether oxygens (including phenoxy) is 1. The van der Waals surface area contributed by atoms with Gasteiger partial charge in [0.1, 0.15) is 6.26 Å². The summed E-state index contributed by atoms with van der Waals surface area (Å²) in [6.45, 7) is 2.00. The first-order chi connectivity index (χ1) is 5.39. The van der Waals surface area contributed by atoms with Gasteiger partial charge < -0.3 is 9.15 Å². The summed E-state index contributed by atoms with van der Waals surface area (Å²) in [5.41, 5.74) is 0. The van der Waals surface area contributed by atoms with Gasteiger partial charge in [-0.05, 0) is 12.8 Å². The van der Waals surface area contributed by atoms with E-state index in [0.29, 0.717) is 0 Å². The number of nitrogens with one attached hydrogen (secondary N) is 1. The van der Waals surface area contributed by atoms with E-state index in [4.69, 9.17) is 4.74 Å². The number of aromatic amines is 1. The van der Waals surface area contributed by atoms with E-state index in [0.717, 1.165) is 13.2 Å². The van der Waals surface area contributed by atoms with Crippen molar-refractivity contribution in [3.8, 4) is 0 Å². The zero-order valence-corrected chi connectivity index (χ0v) is 6.21. The summed E-state index contributed by atoms with van der Waals surface area (Å²) in [6.07, 6.45) is 5.28. The molecule has 62 valence electrons. The van der Waals surface area contributed by atoms with Crippen LogP contribution in [0.4, 0.5) is 0 Å². The monoisotopic (exact) mass is 157 g/mol. The molecule has 2 heterocycles. The highest BCUT2D eigenvalue weighted by molar-refractivity contribution is 4.58. The summed E-state index contributed by atoms with van der Waals surface area (Å²) in [5, 5.41) is 0. The van der Waals surface area contributed by atoms with Crippen LogP contribution in [0.2, 0.25) is 0 Å². The van der Waals surface area contributed by atoms with Crippen molar-refractivity contribution in [3.05, 3.63) is 23.0 Å². The summed E-state index contributed by atoms with van der Waals surface area (Å²) in [4.78, 5) is 12.1. The van der Waals surface area contributed by atoms with Crippen LogP contribution >= 0.6 is 0 Å². The predicted molar refractivity (Wildman–Crippen MR) is 39.4 cm³/mol. The van der Waals surface area contributed by atoms with Gasteiger partial charge in [-0.2, -0.15) is 0 Å². The lowest BCUT2D eigenvalue weighted by molar-refractivity contribution is 0.198. The maximum absolute atomic E-state index is 9.85. The highest BCUT2D eigenvalue weighted by atomic mass is 16.5.